The highest BCUT2D eigenvalue weighted by atomic mass is 16.3. The Morgan fingerprint density at radius 1 is 1.17 bits per heavy atom. The smallest absolute Gasteiger partial charge is 0.253 e. The Bertz CT molecular complexity index is 1050. The van der Waals surface area contributed by atoms with E-state index in [2.05, 4.69) is 15.4 Å². The van der Waals surface area contributed by atoms with E-state index >= 15 is 0 Å². The summed E-state index contributed by atoms with van der Waals surface area (Å²) in [7, 11) is 0. The number of anilines is 1. The van der Waals surface area contributed by atoms with Gasteiger partial charge in [0.25, 0.3) is 5.91 Å². The van der Waals surface area contributed by atoms with Gasteiger partial charge in [-0.1, -0.05) is 25.1 Å². The van der Waals surface area contributed by atoms with Gasteiger partial charge in [0.15, 0.2) is 5.65 Å². The zero-order valence-corrected chi connectivity index (χ0v) is 16.9. The molecule has 4 rings (SSSR count). The second-order valence-corrected chi connectivity index (χ2v) is 7.47. The van der Waals surface area contributed by atoms with Gasteiger partial charge in [0, 0.05) is 30.1 Å². The lowest BCUT2D eigenvalue weighted by atomic mass is 10.1. The fraction of sp³-hybridized carbons (Fsp3) is 0.364. The van der Waals surface area contributed by atoms with Crippen molar-refractivity contribution in [3.8, 4) is 11.3 Å². The average Bonchev–Trinajstić information content (AvgIpc) is 3.53. The molecule has 2 N–H and O–H groups in total. The number of carbonyl (C=O) groups is 2. The largest absolute Gasteiger partial charge is 0.395 e. The Morgan fingerprint density at radius 3 is 2.60 bits per heavy atom. The van der Waals surface area contributed by atoms with E-state index in [0.717, 1.165) is 30.5 Å². The summed E-state index contributed by atoms with van der Waals surface area (Å²) in [5.74, 6) is 0.251. The number of aliphatic hydroxyl groups is 1. The highest BCUT2D eigenvalue weighted by Gasteiger charge is 2.30. The van der Waals surface area contributed by atoms with Crippen molar-refractivity contribution < 1.29 is 14.7 Å². The van der Waals surface area contributed by atoms with Crippen LogP contribution in [0.15, 0.2) is 42.5 Å². The van der Waals surface area contributed by atoms with Gasteiger partial charge in [-0.15, -0.1) is 5.10 Å². The normalized spacial score (nSPS) is 13.4. The van der Waals surface area contributed by atoms with Crippen LogP contribution in [0.3, 0.4) is 0 Å². The second-order valence-electron chi connectivity index (χ2n) is 7.47. The minimum Gasteiger partial charge on any atom is -0.395 e. The number of amides is 2. The van der Waals surface area contributed by atoms with Crippen LogP contribution in [0.1, 0.15) is 36.5 Å². The van der Waals surface area contributed by atoms with Crippen LogP contribution in [0.4, 0.5) is 5.95 Å². The summed E-state index contributed by atoms with van der Waals surface area (Å²) < 4.78 is 1.69. The van der Waals surface area contributed by atoms with E-state index in [1.54, 1.807) is 21.5 Å². The van der Waals surface area contributed by atoms with Gasteiger partial charge < -0.3 is 10.0 Å². The number of hydrogen-bond acceptors (Lipinski definition) is 5. The first kappa shape index (κ1) is 20.0. The maximum Gasteiger partial charge on any atom is 0.253 e. The Kier molecular flexibility index (Phi) is 5.76. The van der Waals surface area contributed by atoms with Gasteiger partial charge in [0.2, 0.25) is 11.9 Å². The maximum atomic E-state index is 12.7. The molecule has 1 aromatic carbocycles. The van der Waals surface area contributed by atoms with Gasteiger partial charge in [0.05, 0.1) is 12.3 Å². The van der Waals surface area contributed by atoms with Crippen LogP contribution < -0.4 is 5.32 Å². The van der Waals surface area contributed by atoms with Crippen LogP contribution in [-0.4, -0.2) is 56.1 Å². The van der Waals surface area contributed by atoms with Crippen molar-refractivity contribution in [2.24, 2.45) is 5.92 Å². The Morgan fingerprint density at radius 2 is 1.93 bits per heavy atom. The molecule has 0 atom stereocenters. The third-order valence-corrected chi connectivity index (χ3v) is 5.12. The zero-order chi connectivity index (χ0) is 21.1. The van der Waals surface area contributed by atoms with Crippen molar-refractivity contribution in [3.05, 3.63) is 48.0 Å². The van der Waals surface area contributed by atoms with Crippen LogP contribution in [-0.2, 0) is 4.79 Å². The van der Waals surface area contributed by atoms with Crippen molar-refractivity contribution in [3.63, 3.8) is 0 Å². The molecule has 8 heteroatoms. The van der Waals surface area contributed by atoms with Crippen molar-refractivity contribution in [2.45, 2.75) is 26.2 Å². The molecule has 30 heavy (non-hydrogen) atoms. The topological polar surface area (TPSA) is 99.8 Å². The molecule has 3 aromatic rings. The Labute approximate surface area is 174 Å². The predicted molar refractivity (Wildman–Crippen MR) is 113 cm³/mol. The number of hydrogen-bond donors (Lipinski definition) is 2. The molecule has 156 valence electrons. The molecule has 1 aliphatic carbocycles. The van der Waals surface area contributed by atoms with E-state index in [0.29, 0.717) is 30.2 Å². The average molecular weight is 407 g/mol. The third kappa shape index (κ3) is 4.18. The van der Waals surface area contributed by atoms with Gasteiger partial charge in [0.1, 0.15) is 0 Å². The number of benzene rings is 1. The van der Waals surface area contributed by atoms with Crippen molar-refractivity contribution in [1.82, 2.24) is 19.5 Å². The van der Waals surface area contributed by atoms with E-state index in [-0.39, 0.29) is 24.3 Å². The van der Waals surface area contributed by atoms with Crippen LogP contribution in [0.2, 0.25) is 0 Å². The minimum absolute atomic E-state index is 0.0326. The number of aliphatic hydroxyl groups excluding tert-OH is 1. The highest BCUT2D eigenvalue weighted by molar-refractivity contribution is 5.95. The molecule has 1 saturated carbocycles. The molecule has 8 nitrogen and oxygen atoms in total. The monoisotopic (exact) mass is 407 g/mol. The summed E-state index contributed by atoms with van der Waals surface area (Å²) in [6, 6.07) is 12.9. The minimum atomic E-state index is -0.0958. The number of nitrogens with one attached hydrogen (secondary N) is 1. The number of rotatable bonds is 8. The first-order valence-electron chi connectivity index (χ1n) is 10.3. The summed E-state index contributed by atoms with van der Waals surface area (Å²) in [6.45, 7) is 2.87. The van der Waals surface area contributed by atoms with Crippen molar-refractivity contribution in [2.75, 3.05) is 25.0 Å². The van der Waals surface area contributed by atoms with E-state index in [4.69, 9.17) is 0 Å². The summed E-state index contributed by atoms with van der Waals surface area (Å²) in [4.78, 5) is 30.8. The van der Waals surface area contributed by atoms with E-state index in [1.165, 1.54) is 0 Å². The fourth-order valence-electron chi connectivity index (χ4n) is 3.41. The van der Waals surface area contributed by atoms with Crippen molar-refractivity contribution >= 4 is 23.4 Å². The van der Waals surface area contributed by atoms with Crippen LogP contribution in [0, 0.1) is 5.92 Å². The zero-order valence-electron chi connectivity index (χ0n) is 16.9. The first-order valence-corrected chi connectivity index (χ1v) is 10.3. The van der Waals surface area contributed by atoms with Gasteiger partial charge in [-0.3, -0.25) is 14.9 Å². The SMILES string of the molecule is CCCN(CCO)C(=O)c1ccc(-c2cccc3nc(NC(=O)C4CC4)nn23)cc1. The summed E-state index contributed by atoms with van der Waals surface area (Å²) >= 11 is 0. The number of carbonyl (C=O) groups excluding carboxylic acids is 2. The molecule has 0 radical (unpaired) electrons. The summed E-state index contributed by atoms with van der Waals surface area (Å²) in [6.07, 6.45) is 2.67. The molecule has 2 amide bonds. The van der Waals surface area contributed by atoms with E-state index < -0.39 is 0 Å². The lowest BCUT2D eigenvalue weighted by Gasteiger charge is -2.21. The van der Waals surface area contributed by atoms with Crippen LogP contribution >= 0.6 is 0 Å². The molecule has 0 bridgehead atoms. The van der Waals surface area contributed by atoms with Crippen LogP contribution in [0.5, 0.6) is 0 Å². The van der Waals surface area contributed by atoms with E-state index in [1.807, 2.05) is 37.3 Å². The molecule has 0 unspecified atom stereocenters. The fourth-order valence-corrected chi connectivity index (χ4v) is 3.41. The number of nitrogens with zero attached hydrogens (tertiary/aromatic N) is 4. The molecule has 2 aromatic heterocycles. The molecular formula is C22H25N5O3. The number of pyridine rings is 1. The molecular weight excluding hydrogens is 382 g/mol. The first-order chi connectivity index (χ1) is 14.6. The maximum absolute atomic E-state index is 12.7. The van der Waals surface area contributed by atoms with Crippen LogP contribution in [0.25, 0.3) is 16.9 Å². The van der Waals surface area contributed by atoms with Crippen molar-refractivity contribution in [1.29, 1.82) is 0 Å². The molecule has 1 aliphatic rings. The summed E-state index contributed by atoms with van der Waals surface area (Å²) in [5.41, 5.74) is 2.90. The lowest BCUT2D eigenvalue weighted by molar-refractivity contribution is -0.117. The van der Waals surface area contributed by atoms with Gasteiger partial charge in [-0.2, -0.15) is 4.98 Å². The predicted octanol–water partition coefficient (Wildman–Crippen LogP) is 2.59. The van der Waals surface area contributed by atoms with Gasteiger partial charge in [-0.25, -0.2) is 4.52 Å². The molecule has 0 aliphatic heterocycles. The molecule has 1 fully saturated rings. The number of fused-ring (bicyclic) bond motifs is 1. The molecule has 2 heterocycles. The quantitative estimate of drug-likeness (QED) is 0.598. The molecule has 0 spiro atoms. The van der Waals surface area contributed by atoms with Gasteiger partial charge >= 0.3 is 0 Å². The van der Waals surface area contributed by atoms with Gasteiger partial charge in [-0.05, 0) is 43.5 Å². The highest BCUT2D eigenvalue weighted by Crippen LogP contribution is 2.30. The molecule has 0 saturated heterocycles. The lowest BCUT2D eigenvalue weighted by Crippen LogP contribution is -2.34. The number of aromatic nitrogens is 3. The standard InChI is InChI=1S/C22H25N5O3/c1-2-12-26(13-14-28)21(30)17-10-6-15(7-11-17)18-4-3-5-19-23-22(25-27(18)19)24-20(29)16-8-9-16/h3-7,10-11,16,28H,2,8-9,12-14H2,1H3,(H,24,25,29). The third-order valence-electron chi connectivity index (χ3n) is 5.12. The van der Waals surface area contributed by atoms with E-state index in [9.17, 15) is 14.7 Å². The summed E-state index contributed by atoms with van der Waals surface area (Å²) in [5, 5.41) is 16.4. The Balaban J connectivity index is 1.58. The Hall–Kier alpha value is -3.26. The second kappa shape index (κ2) is 8.62.